The minimum atomic E-state index is -1.94. The molecule has 1 N–H and O–H groups in total. The Hall–Kier alpha value is 0.300. The average molecular weight is 249 g/mol. The van der Waals surface area contributed by atoms with Crippen LogP contribution in [0.25, 0.3) is 0 Å². The molecular weight excluding hydrogens is 236 g/mol. The molecule has 0 saturated carbocycles. The van der Waals surface area contributed by atoms with Gasteiger partial charge in [0.25, 0.3) is 3.79 Å². The highest BCUT2D eigenvalue weighted by atomic mass is 35.6. The number of hydrogen-bond acceptors (Lipinski definition) is 3. The molecule has 1 fully saturated rings. The lowest BCUT2D eigenvalue weighted by molar-refractivity contribution is -0.139. The van der Waals surface area contributed by atoms with E-state index in [1.807, 2.05) is 0 Å². The first kappa shape index (κ1) is 13.3. The summed E-state index contributed by atoms with van der Waals surface area (Å²) in [6.07, 6.45) is 2.78. The first-order chi connectivity index (χ1) is 5.98. The maximum absolute atomic E-state index is 10.2. The first-order valence-electron chi connectivity index (χ1n) is 3.84. The molecule has 78 valence electrons. The minimum absolute atomic E-state index is 0.873. The summed E-state index contributed by atoms with van der Waals surface area (Å²) in [6.45, 7) is 2.50. The van der Waals surface area contributed by atoms with E-state index in [1.54, 1.807) is 0 Å². The van der Waals surface area contributed by atoms with Crippen LogP contribution < -0.4 is 5.32 Å². The van der Waals surface area contributed by atoms with Gasteiger partial charge in [-0.3, -0.25) is 0 Å². The Bertz CT molecular complexity index is 147. The number of halogens is 3. The van der Waals surface area contributed by atoms with Crippen LogP contribution in [0, 0.1) is 0 Å². The van der Waals surface area contributed by atoms with Crippen molar-refractivity contribution in [3.63, 3.8) is 0 Å². The van der Waals surface area contributed by atoms with Crippen molar-refractivity contribution in [1.29, 1.82) is 0 Å². The molecule has 1 aliphatic heterocycles. The van der Waals surface area contributed by atoms with Crippen LogP contribution in [0.1, 0.15) is 12.8 Å². The zero-order chi connectivity index (χ0) is 10.3. The smallest absolute Gasteiger partial charge is 0.358 e. The van der Waals surface area contributed by atoms with E-state index < -0.39 is 9.76 Å². The van der Waals surface area contributed by atoms with Crippen molar-refractivity contribution in [1.82, 2.24) is 5.32 Å². The third kappa shape index (κ3) is 7.38. The first-order valence-corrected chi connectivity index (χ1v) is 4.97. The fraction of sp³-hybridized carbons (Fsp3) is 0.857. The van der Waals surface area contributed by atoms with Gasteiger partial charge >= 0.3 is 5.97 Å². The molecule has 0 bridgehead atoms. The van der Waals surface area contributed by atoms with Crippen molar-refractivity contribution in [3.8, 4) is 0 Å². The Kier molecular flexibility index (Phi) is 6.86. The Labute approximate surface area is 92.7 Å². The Balaban J connectivity index is 0.000000243. The predicted octanol–water partition coefficient (Wildman–Crippen LogP) is 1.90. The van der Waals surface area contributed by atoms with Gasteiger partial charge in [-0.1, -0.05) is 34.8 Å². The van der Waals surface area contributed by atoms with Gasteiger partial charge in [-0.2, -0.15) is 0 Å². The van der Waals surface area contributed by atoms with Crippen LogP contribution in [0.4, 0.5) is 0 Å². The summed E-state index contributed by atoms with van der Waals surface area (Å²) in [6, 6.07) is 0. The van der Waals surface area contributed by atoms with Gasteiger partial charge in [-0.15, -0.1) is 0 Å². The van der Waals surface area contributed by atoms with Gasteiger partial charge in [-0.25, -0.2) is 4.79 Å². The lowest BCUT2D eigenvalue weighted by Crippen LogP contribution is -2.19. The number of carbonyl (C=O) groups is 1. The molecule has 1 saturated heterocycles. The molecule has 0 aromatic carbocycles. The number of nitrogens with one attached hydrogen (secondary N) is 1. The summed E-state index contributed by atoms with van der Waals surface area (Å²) in [5, 5.41) is 3.22. The second kappa shape index (κ2) is 6.71. The standard InChI is InChI=1S/C4H9N.C3H3Cl3O2/c1-2-4-5-3-1;1-8-2(7)3(4,5)6/h5H,1-4H2;1H3. The van der Waals surface area contributed by atoms with Crippen molar-refractivity contribution in [3.05, 3.63) is 0 Å². The number of alkyl halides is 3. The van der Waals surface area contributed by atoms with Crippen molar-refractivity contribution in [2.45, 2.75) is 16.6 Å². The Morgan fingerprint density at radius 3 is 1.85 bits per heavy atom. The molecule has 13 heavy (non-hydrogen) atoms. The van der Waals surface area contributed by atoms with Crippen molar-refractivity contribution in [2.24, 2.45) is 0 Å². The van der Waals surface area contributed by atoms with Gasteiger partial charge < -0.3 is 10.1 Å². The van der Waals surface area contributed by atoms with Crippen LogP contribution in [-0.4, -0.2) is 30.0 Å². The van der Waals surface area contributed by atoms with Gasteiger partial charge in [0.1, 0.15) is 0 Å². The van der Waals surface area contributed by atoms with Crippen molar-refractivity contribution in [2.75, 3.05) is 20.2 Å². The summed E-state index contributed by atoms with van der Waals surface area (Å²) < 4.78 is 2.14. The van der Waals surface area contributed by atoms with Gasteiger partial charge in [0.2, 0.25) is 0 Å². The fourth-order valence-corrected chi connectivity index (χ4v) is 0.972. The molecule has 0 atom stereocenters. The summed E-state index contributed by atoms with van der Waals surface area (Å²) >= 11 is 15.1. The van der Waals surface area contributed by atoms with Crippen LogP contribution >= 0.6 is 34.8 Å². The molecule has 6 heteroatoms. The highest BCUT2D eigenvalue weighted by Gasteiger charge is 2.31. The van der Waals surface area contributed by atoms with E-state index in [0.717, 1.165) is 7.11 Å². The van der Waals surface area contributed by atoms with Crippen LogP contribution in [0.3, 0.4) is 0 Å². The minimum Gasteiger partial charge on any atom is -0.466 e. The molecule has 1 aliphatic rings. The number of methoxy groups -OCH3 is 1. The summed E-state index contributed by atoms with van der Waals surface area (Å²) in [5.41, 5.74) is 0. The monoisotopic (exact) mass is 247 g/mol. The maximum Gasteiger partial charge on any atom is 0.358 e. The number of ether oxygens (including phenoxy) is 1. The number of esters is 1. The summed E-state index contributed by atoms with van der Waals surface area (Å²) in [5.74, 6) is -0.873. The van der Waals surface area contributed by atoms with Gasteiger partial charge in [-0.05, 0) is 25.9 Å². The molecule has 3 nitrogen and oxygen atoms in total. The second-order valence-electron chi connectivity index (χ2n) is 2.45. The van der Waals surface area contributed by atoms with E-state index in [2.05, 4.69) is 10.1 Å². The van der Waals surface area contributed by atoms with Crippen molar-refractivity contribution < 1.29 is 9.53 Å². The molecule has 1 heterocycles. The zero-order valence-corrected chi connectivity index (χ0v) is 9.55. The van der Waals surface area contributed by atoms with E-state index >= 15 is 0 Å². The largest absolute Gasteiger partial charge is 0.466 e. The second-order valence-corrected chi connectivity index (χ2v) is 4.73. The highest BCUT2D eigenvalue weighted by Crippen LogP contribution is 2.26. The van der Waals surface area contributed by atoms with E-state index in [-0.39, 0.29) is 0 Å². The quantitative estimate of drug-likeness (QED) is 0.526. The van der Waals surface area contributed by atoms with Gasteiger partial charge in [0, 0.05) is 0 Å². The maximum atomic E-state index is 10.2. The number of carbonyl (C=O) groups excluding carboxylic acids is 1. The normalized spacial score (nSPS) is 16.0. The summed E-state index contributed by atoms with van der Waals surface area (Å²) in [7, 11) is 1.14. The Morgan fingerprint density at radius 2 is 1.77 bits per heavy atom. The third-order valence-electron chi connectivity index (χ3n) is 1.37. The number of rotatable bonds is 0. The van der Waals surface area contributed by atoms with E-state index in [0.29, 0.717) is 0 Å². The zero-order valence-electron chi connectivity index (χ0n) is 7.28. The summed E-state index contributed by atoms with van der Waals surface area (Å²) in [4.78, 5) is 10.2. The van der Waals surface area contributed by atoms with Crippen LogP contribution in [-0.2, 0) is 9.53 Å². The average Bonchev–Trinajstić information content (AvgIpc) is 2.58. The predicted molar refractivity (Wildman–Crippen MR) is 54.4 cm³/mol. The van der Waals surface area contributed by atoms with Gasteiger partial charge in [0.05, 0.1) is 7.11 Å². The Morgan fingerprint density at radius 1 is 1.31 bits per heavy atom. The molecule has 0 spiro atoms. The van der Waals surface area contributed by atoms with Gasteiger partial charge in [0.15, 0.2) is 0 Å². The molecule has 0 radical (unpaired) electrons. The fourth-order valence-electron chi connectivity index (χ4n) is 0.741. The molecule has 0 amide bonds. The van der Waals surface area contributed by atoms with E-state index in [4.69, 9.17) is 34.8 Å². The molecule has 0 unspecified atom stereocenters. The molecule has 0 aliphatic carbocycles. The lowest BCUT2D eigenvalue weighted by atomic mass is 10.4. The van der Waals surface area contributed by atoms with Crippen LogP contribution in [0.2, 0.25) is 0 Å². The highest BCUT2D eigenvalue weighted by molar-refractivity contribution is 6.75. The van der Waals surface area contributed by atoms with Crippen LogP contribution in [0.15, 0.2) is 0 Å². The van der Waals surface area contributed by atoms with E-state index in [1.165, 1.54) is 25.9 Å². The molecule has 1 rings (SSSR count). The van der Waals surface area contributed by atoms with Crippen LogP contribution in [0.5, 0.6) is 0 Å². The molecular formula is C7H12Cl3NO2. The molecule has 0 aromatic rings. The van der Waals surface area contributed by atoms with E-state index in [9.17, 15) is 4.79 Å². The SMILES string of the molecule is C1CCNC1.COC(=O)C(Cl)(Cl)Cl. The third-order valence-corrected chi connectivity index (χ3v) is 1.84. The topological polar surface area (TPSA) is 38.3 Å². The number of hydrogen-bond donors (Lipinski definition) is 1. The molecule has 0 aromatic heterocycles. The van der Waals surface area contributed by atoms with Crippen molar-refractivity contribution >= 4 is 40.8 Å². The lowest BCUT2D eigenvalue weighted by Gasteiger charge is -2.05.